The second kappa shape index (κ2) is 5.73. The molecule has 1 unspecified atom stereocenters. The number of hydrogen-bond donors (Lipinski definition) is 0. The maximum absolute atomic E-state index is 11.6. The molecule has 0 aromatic heterocycles. The van der Waals surface area contributed by atoms with E-state index in [1.54, 1.807) is 0 Å². The number of methoxy groups -OCH3 is 1. The average Bonchev–Trinajstić information content (AvgIpc) is 2.60. The van der Waals surface area contributed by atoms with Gasteiger partial charge in [-0.05, 0) is 37.5 Å². The first-order valence-corrected chi connectivity index (χ1v) is 6.77. The van der Waals surface area contributed by atoms with Crippen molar-refractivity contribution in [3.05, 3.63) is 23.8 Å². The second-order valence-electron chi connectivity index (χ2n) is 5.89. The van der Waals surface area contributed by atoms with E-state index in [0.717, 1.165) is 19.3 Å². The Bertz CT molecular complexity index is 363. The molecule has 0 saturated carbocycles. The maximum atomic E-state index is 11.6. The van der Waals surface area contributed by atoms with E-state index in [1.807, 2.05) is 6.92 Å². The normalized spacial score (nSPS) is 23.4. The summed E-state index contributed by atoms with van der Waals surface area (Å²) in [5, 5.41) is 0. The summed E-state index contributed by atoms with van der Waals surface area (Å²) in [4.78, 5) is 11.6. The fourth-order valence-corrected chi connectivity index (χ4v) is 2.82. The average molecular weight is 250 g/mol. The molecule has 0 radical (unpaired) electrons. The van der Waals surface area contributed by atoms with Gasteiger partial charge in [0.1, 0.15) is 0 Å². The van der Waals surface area contributed by atoms with Crippen LogP contribution >= 0.6 is 0 Å². The van der Waals surface area contributed by atoms with Crippen LogP contribution in [0.5, 0.6) is 0 Å². The minimum absolute atomic E-state index is 0.0424. The summed E-state index contributed by atoms with van der Waals surface area (Å²) in [5.74, 6) is 0.301. The number of allylic oxidation sites excluding steroid dienone is 3. The van der Waals surface area contributed by atoms with Gasteiger partial charge in [0.2, 0.25) is 0 Å². The highest BCUT2D eigenvalue weighted by Crippen LogP contribution is 2.47. The van der Waals surface area contributed by atoms with Gasteiger partial charge in [0.25, 0.3) is 0 Å². The van der Waals surface area contributed by atoms with Crippen molar-refractivity contribution < 1.29 is 9.53 Å². The molecule has 0 aromatic carbocycles. The summed E-state index contributed by atoms with van der Waals surface area (Å²) in [7, 11) is 1.46. The molecule has 0 fully saturated rings. The molecule has 2 nitrogen and oxygen atoms in total. The highest BCUT2D eigenvalue weighted by atomic mass is 16.5. The topological polar surface area (TPSA) is 26.3 Å². The lowest BCUT2D eigenvalue weighted by atomic mass is 9.72. The van der Waals surface area contributed by atoms with Crippen molar-refractivity contribution in [1.82, 2.24) is 0 Å². The largest absolute Gasteiger partial charge is 0.469 e. The molecule has 1 rings (SSSR count). The van der Waals surface area contributed by atoms with E-state index in [-0.39, 0.29) is 17.3 Å². The molecule has 0 saturated heterocycles. The van der Waals surface area contributed by atoms with Crippen LogP contribution in [0.3, 0.4) is 0 Å². The second-order valence-corrected chi connectivity index (χ2v) is 5.89. The lowest BCUT2D eigenvalue weighted by molar-refractivity contribution is -0.145. The molecular weight excluding hydrogens is 224 g/mol. The van der Waals surface area contributed by atoms with Crippen LogP contribution in [0.4, 0.5) is 0 Å². The molecule has 2 heteroatoms. The monoisotopic (exact) mass is 250 g/mol. The lowest BCUT2D eigenvalue weighted by Crippen LogP contribution is -2.25. The quantitative estimate of drug-likeness (QED) is 0.542. The molecular formula is C16H26O2. The van der Waals surface area contributed by atoms with E-state index in [2.05, 4.69) is 33.4 Å². The number of hydrogen-bond acceptors (Lipinski definition) is 2. The highest BCUT2D eigenvalue weighted by molar-refractivity contribution is 5.72. The Morgan fingerprint density at radius 2 is 2.22 bits per heavy atom. The van der Waals surface area contributed by atoms with Crippen molar-refractivity contribution in [2.75, 3.05) is 7.11 Å². The molecule has 0 spiro atoms. The van der Waals surface area contributed by atoms with Gasteiger partial charge < -0.3 is 4.74 Å². The lowest BCUT2D eigenvalue weighted by Gasteiger charge is -2.32. The molecule has 18 heavy (non-hydrogen) atoms. The van der Waals surface area contributed by atoms with Crippen molar-refractivity contribution in [2.45, 2.75) is 47.0 Å². The van der Waals surface area contributed by atoms with Crippen LogP contribution in [-0.4, -0.2) is 13.1 Å². The van der Waals surface area contributed by atoms with E-state index in [4.69, 9.17) is 4.74 Å². The number of carbonyl (C=O) groups excluding carboxylic acids is 1. The fraction of sp³-hybridized carbons (Fsp3) is 0.688. The summed E-state index contributed by atoms with van der Waals surface area (Å²) in [5.41, 5.74) is 2.79. The molecule has 0 amide bonds. The van der Waals surface area contributed by atoms with Gasteiger partial charge in [0.05, 0.1) is 13.0 Å². The van der Waals surface area contributed by atoms with Crippen molar-refractivity contribution in [1.29, 1.82) is 0 Å². The minimum Gasteiger partial charge on any atom is -0.469 e. The van der Waals surface area contributed by atoms with Crippen molar-refractivity contribution in [2.24, 2.45) is 17.3 Å². The van der Waals surface area contributed by atoms with Gasteiger partial charge in [-0.1, -0.05) is 44.6 Å². The number of esters is 1. The van der Waals surface area contributed by atoms with Gasteiger partial charge in [-0.2, -0.15) is 0 Å². The number of carbonyl (C=O) groups is 1. The standard InChI is InChI=1S/C16H26O2/c1-7-13(15(17)18-6)10-11(2)14-9-8-12(3)16(14,4)5/h8,13-14H,2,7,9-10H2,1,3-6H3/t13?,14-/m1/s1. The Kier molecular flexibility index (Phi) is 4.78. The summed E-state index contributed by atoms with van der Waals surface area (Å²) in [6.07, 6.45) is 4.91. The Morgan fingerprint density at radius 1 is 1.61 bits per heavy atom. The molecule has 0 N–H and O–H groups in total. The Hall–Kier alpha value is -1.05. The molecule has 0 aromatic rings. The van der Waals surface area contributed by atoms with Gasteiger partial charge in [-0.3, -0.25) is 4.79 Å². The zero-order valence-electron chi connectivity index (χ0n) is 12.4. The van der Waals surface area contributed by atoms with Crippen LogP contribution in [0, 0.1) is 17.3 Å². The third-order valence-electron chi connectivity index (χ3n) is 4.58. The third-order valence-corrected chi connectivity index (χ3v) is 4.58. The molecule has 1 aliphatic rings. The third kappa shape index (κ3) is 2.85. The van der Waals surface area contributed by atoms with E-state index >= 15 is 0 Å². The Morgan fingerprint density at radius 3 is 2.61 bits per heavy atom. The van der Waals surface area contributed by atoms with Crippen LogP contribution in [0.15, 0.2) is 23.8 Å². The van der Waals surface area contributed by atoms with Crippen LogP contribution in [0.1, 0.15) is 47.0 Å². The van der Waals surface area contributed by atoms with Crippen LogP contribution in [-0.2, 0) is 9.53 Å². The molecule has 2 atom stereocenters. The molecule has 0 aliphatic heterocycles. The predicted octanol–water partition coefficient (Wildman–Crippen LogP) is 4.12. The van der Waals surface area contributed by atoms with Gasteiger partial charge in [0.15, 0.2) is 0 Å². The Labute approximate surface area is 111 Å². The zero-order chi connectivity index (χ0) is 13.9. The van der Waals surface area contributed by atoms with Crippen molar-refractivity contribution in [3.63, 3.8) is 0 Å². The highest BCUT2D eigenvalue weighted by Gasteiger charge is 2.37. The first-order chi connectivity index (χ1) is 8.34. The van der Waals surface area contributed by atoms with Crippen molar-refractivity contribution >= 4 is 5.97 Å². The van der Waals surface area contributed by atoms with Gasteiger partial charge in [-0.25, -0.2) is 0 Å². The summed E-state index contributed by atoms with van der Waals surface area (Å²) < 4.78 is 4.85. The van der Waals surface area contributed by atoms with Gasteiger partial charge in [0, 0.05) is 0 Å². The molecule has 0 bridgehead atoms. The molecule has 1 aliphatic carbocycles. The first kappa shape index (κ1) is 15.0. The van der Waals surface area contributed by atoms with Crippen LogP contribution < -0.4 is 0 Å². The summed E-state index contributed by atoms with van der Waals surface area (Å²) in [6.45, 7) is 13.0. The SMILES string of the molecule is C=C(CC(CC)C(=O)OC)[C@H]1CC=C(C)C1(C)C. The summed E-state index contributed by atoms with van der Waals surface area (Å²) in [6, 6.07) is 0. The molecule has 0 heterocycles. The minimum atomic E-state index is -0.112. The zero-order valence-corrected chi connectivity index (χ0v) is 12.4. The van der Waals surface area contributed by atoms with Gasteiger partial charge >= 0.3 is 5.97 Å². The summed E-state index contributed by atoms with van der Waals surface area (Å²) >= 11 is 0. The fourth-order valence-electron chi connectivity index (χ4n) is 2.82. The van der Waals surface area contributed by atoms with Crippen LogP contribution in [0.25, 0.3) is 0 Å². The van der Waals surface area contributed by atoms with E-state index in [0.29, 0.717) is 5.92 Å². The van der Waals surface area contributed by atoms with Crippen molar-refractivity contribution in [3.8, 4) is 0 Å². The predicted molar refractivity (Wildman–Crippen MR) is 75.2 cm³/mol. The molecule has 102 valence electrons. The smallest absolute Gasteiger partial charge is 0.308 e. The number of ether oxygens (including phenoxy) is 1. The Balaban J connectivity index is 2.70. The maximum Gasteiger partial charge on any atom is 0.308 e. The van der Waals surface area contributed by atoms with E-state index < -0.39 is 0 Å². The van der Waals surface area contributed by atoms with Crippen LogP contribution in [0.2, 0.25) is 0 Å². The first-order valence-electron chi connectivity index (χ1n) is 6.77. The van der Waals surface area contributed by atoms with E-state index in [9.17, 15) is 4.79 Å². The van der Waals surface area contributed by atoms with Gasteiger partial charge in [-0.15, -0.1) is 0 Å². The number of rotatable bonds is 5. The van der Waals surface area contributed by atoms with E-state index in [1.165, 1.54) is 18.3 Å².